The average Bonchev–Trinajstić information content (AvgIpc) is 3.14. The largest absolute Gasteiger partial charge is 0.478 e. The lowest BCUT2D eigenvalue weighted by Gasteiger charge is -2.20. The summed E-state index contributed by atoms with van der Waals surface area (Å²) in [4.78, 5) is 30.2. The first-order chi connectivity index (χ1) is 17.2. The lowest BCUT2D eigenvalue weighted by atomic mass is 10.0. The number of benzene rings is 2. The van der Waals surface area contributed by atoms with Crippen LogP contribution >= 0.6 is 0 Å². The highest BCUT2D eigenvalue weighted by atomic mass is 16.4. The topological polar surface area (TPSA) is 88.6 Å². The molecule has 0 aliphatic carbocycles. The third kappa shape index (κ3) is 3.82. The molecular weight excluding hydrogens is 452 g/mol. The van der Waals surface area contributed by atoms with Crippen molar-refractivity contribution >= 4 is 28.2 Å². The Kier molecular flexibility index (Phi) is 5.63. The molecule has 0 amide bonds. The van der Waals surface area contributed by atoms with Crippen LogP contribution in [0, 0.1) is 20.8 Å². The van der Waals surface area contributed by atoms with Crippen molar-refractivity contribution in [3.63, 3.8) is 0 Å². The second-order valence-electron chi connectivity index (χ2n) is 9.43. The number of nitrogens with one attached hydrogen (secondary N) is 1. The fourth-order valence-corrected chi connectivity index (χ4v) is 4.94. The zero-order valence-corrected chi connectivity index (χ0v) is 21.0. The van der Waals surface area contributed by atoms with Crippen molar-refractivity contribution in [1.29, 1.82) is 0 Å². The molecule has 5 aromatic rings. The van der Waals surface area contributed by atoms with Crippen molar-refractivity contribution in [2.24, 2.45) is 7.05 Å². The first kappa shape index (κ1) is 23.4. The highest BCUT2D eigenvalue weighted by Gasteiger charge is 2.19. The number of carbonyl (C=O) groups is 1. The molecule has 0 saturated carbocycles. The molecule has 0 aliphatic rings. The van der Waals surface area contributed by atoms with E-state index in [0.717, 1.165) is 33.2 Å². The maximum absolute atomic E-state index is 13.5. The number of pyridine rings is 1. The van der Waals surface area contributed by atoms with E-state index >= 15 is 0 Å². The molecule has 2 aromatic carbocycles. The molecule has 0 spiro atoms. The number of nitrogens with zero attached hydrogens (tertiary/aromatic N) is 3. The molecule has 0 unspecified atom stereocenters. The van der Waals surface area contributed by atoms with Crippen LogP contribution in [-0.2, 0) is 7.05 Å². The molecule has 182 valence electrons. The minimum Gasteiger partial charge on any atom is -0.478 e. The second-order valence-corrected chi connectivity index (χ2v) is 9.43. The Morgan fingerprint density at radius 2 is 1.81 bits per heavy atom. The molecule has 3 heterocycles. The van der Waals surface area contributed by atoms with E-state index in [1.807, 2.05) is 40.0 Å². The van der Waals surface area contributed by atoms with E-state index < -0.39 is 5.97 Å². The third-order valence-corrected chi connectivity index (χ3v) is 6.77. The number of aryl methyl sites for hydroxylation is 3. The van der Waals surface area contributed by atoms with Gasteiger partial charge < -0.3 is 15.0 Å². The van der Waals surface area contributed by atoms with Gasteiger partial charge in [-0.2, -0.15) is 0 Å². The highest BCUT2D eigenvalue weighted by molar-refractivity contribution is 5.94. The number of fused-ring (bicyclic) bond motifs is 2. The van der Waals surface area contributed by atoms with E-state index in [9.17, 15) is 14.7 Å². The highest BCUT2D eigenvalue weighted by Crippen LogP contribution is 2.30. The Morgan fingerprint density at radius 1 is 1.06 bits per heavy atom. The first-order valence-corrected chi connectivity index (χ1v) is 11.8. The van der Waals surface area contributed by atoms with Crippen LogP contribution in [-0.4, -0.2) is 25.0 Å². The molecular formula is C29H28N4O3. The van der Waals surface area contributed by atoms with E-state index in [2.05, 4.69) is 35.1 Å². The van der Waals surface area contributed by atoms with Gasteiger partial charge in [0.05, 0.1) is 17.3 Å². The van der Waals surface area contributed by atoms with Gasteiger partial charge in [-0.15, -0.1) is 0 Å². The number of aromatic nitrogens is 3. The van der Waals surface area contributed by atoms with E-state index in [1.54, 1.807) is 34.9 Å². The van der Waals surface area contributed by atoms with Crippen LogP contribution in [0.2, 0.25) is 0 Å². The van der Waals surface area contributed by atoms with Gasteiger partial charge in [0.15, 0.2) is 0 Å². The summed E-state index contributed by atoms with van der Waals surface area (Å²) < 4.78 is 3.68. The van der Waals surface area contributed by atoms with Crippen LogP contribution in [0.1, 0.15) is 45.6 Å². The predicted molar refractivity (Wildman–Crippen MR) is 143 cm³/mol. The Bertz CT molecular complexity index is 1730. The van der Waals surface area contributed by atoms with Crippen molar-refractivity contribution in [2.75, 3.05) is 5.32 Å². The zero-order valence-electron chi connectivity index (χ0n) is 21.0. The monoisotopic (exact) mass is 480 g/mol. The number of aromatic carboxylic acids is 1. The maximum Gasteiger partial charge on any atom is 0.337 e. The molecule has 3 aromatic heterocycles. The van der Waals surface area contributed by atoms with Crippen LogP contribution in [0.5, 0.6) is 0 Å². The molecule has 0 bridgehead atoms. The van der Waals surface area contributed by atoms with Gasteiger partial charge in [0.1, 0.15) is 5.65 Å². The normalized spacial score (nSPS) is 12.2. The van der Waals surface area contributed by atoms with Crippen LogP contribution in [0.25, 0.3) is 27.8 Å². The fourth-order valence-electron chi connectivity index (χ4n) is 4.94. The number of para-hydroxylation sites is 1. The number of hydrogen-bond donors (Lipinski definition) is 2. The van der Waals surface area contributed by atoms with Gasteiger partial charge in [-0.1, -0.05) is 18.2 Å². The summed E-state index contributed by atoms with van der Waals surface area (Å²) >= 11 is 0. The quantitative estimate of drug-likeness (QED) is 0.339. The standard InChI is InChI=1S/C29H28N4O3/c1-16-12-23(19(4)30-24-9-7-6-8-21(24)29(35)36)27-31-26(18(3)28(34)33(27)14-16)20-10-11-25-22(13-20)17(2)15-32(25)5/h6-15,19,30H,1-5H3,(H,35,36)/t19-/m1/s1. The van der Waals surface area contributed by atoms with Gasteiger partial charge in [0.2, 0.25) is 0 Å². The number of anilines is 1. The van der Waals surface area contributed by atoms with Crippen LogP contribution in [0.15, 0.2) is 65.7 Å². The molecule has 5 rings (SSSR count). The Morgan fingerprint density at radius 3 is 2.56 bits per heavy atom. The third-order valence-electron chi connectivity index (χ3n) is 6.77. The van der Waals surface area contributed by atoms with Gasteiger partial charge in [-0.25, -0.2) is 9.78 Å². The second kappa shape index (κ2) is 8.68. The Hall–Kier alpha value is -4.39. The molecule has 0 aliphatic heterocycles. The molecule has 7 nitrogen and oxygen atoms in total. The molecule has 2 N–H and O–H groups in total. The summed E-state index contributed by atoms with van der Waals surface area (Å²) in [6.07, 6.45) is 3.89. The van der Waals surface area contributed by atoms with Crippen LogP contribution < -0.4 is 10.9 Å². The van der Waals surface area contributed by atoms with Crippen molar-refractivity contribution in [3.8, 4) is 11.3 Å². The smallest absolute Gasteiger partial charge is 0.337 e. The van der Waals surface area contributed by atoms with Gasteiger partial charge >= 0.3 is 5.97 Å². The lowest BCUT2D eigenvalue weighted by molar-refractivity contribution is 0.0698. The molecule has 7 heteroatoms. The zero-order chi connectivity index (χ0) is 25.7. The minimum atomic E-state index is -1.00. The van der Waals surface area contributed by atoms with Crippen LogP contribution in [0.4, 0.5) is 5.69 Å². The summed E-state index contributed by atoms with van der Waals surface area (Å²) in [5, 5.41) is 14.0. The van der Waals surface area contributed by atoms with Crippen molar-refractivity contribution < 1.29 is 9.90 Å². The van der Waals surface area contributed by atoms with E-state index in [-0.39, 0.29) is 17.2 Å². The SMILES string of the molecule is Cc1cc([C@@H](C)Nc2ccccc2C(=O)O)c2nc(-c3ccc4c(c3)c(C)cn4C)c(C)c(=O)n2c1. The predicted octanol–water partition coefficient (Wildman–Crippen LogP) is 5.65. The van der Waals surface area contributed by atoms with Gasteiger partial charge in [0.25, 0.3) is 5.56 Å². The lowest BCUT2D eigenvalue weighted by Crippen LogP contribution is -2.22. The summed E-state index contributed by atoms with van der Waals surface area (Å²) in [6.45, 7) is 7.76. The first-order valence-electron chi connectivity index (χ1n) is 11.8. The van der Waals surface area contributed by atoms with E-state index in [1.165, 1.54) is 0 Å². The minimum absolute atomic E-state index is 0.122. The van der Waals surface area contributed by atoms with Gasteiger partial charge in [0, 0.05) is 52.7 Å². The fraction of sp³-hybridized carbons (Fsp3) is 0.207. The summed E-state index contributed by atoms with van der Waals surface area (Å²) in [6, 6.07) is 14.6. The van der Waals surface area contributed by atoms with Crippen molar-refractivity contribution in [3.05, 3.63) is 99.1 Å². The summed E-state index contributed by atoms with van der Waals surface area (Å²) in [5.41, 5.74) is 7.24. The van der Waals surface area contributed by atoms with Gasteiger partial charge in [-0.3, -0.25) is 9.20 Å². The van der Waals surface area contributed by atoms with Crippen LogP contribution in [0.3, 0.4) is 0 Å². The molecule has 0 saturated heterocycles. The summed E-state index contributed by atoms with van der Waals surface area (Å²) in [5.74, 6) is -1.00. The average molecular weight is 481 g/mol. The summed E-state index contributed by atoms with van der Waals surface area (Å²) in [7, 11) is 2.02. The molecule has 0 radical (unpaired) electrons. The van der Waals surface area contributed by atoms with Crippen molar-refractivity contribution in [2.45, 2.75) is 33.7 Å². The molecule has 36 heavy (non-hydrogen) atoms. The van der Waals surface area contributed by atoms with E-state index in [4.69, 9.17) is 4.98 Å². The number of rotatable bonds is 5. The maximum atomic E-state index is 13.5. The molecule has 1 atom stereocenters. The van der Waals surface area contributed by atoms with Gasteiger partial charge in [-0.05, 0) is 69.2 Å². The number of hydrogen-bond acceptors (Lipinski definition) is 4. The Balaban J connectivity index is 1.69. The Labute approximate surface area is 208 Å². The number of carboxylic acids is 1. The van der Waals surface area contributed by atoms with E-state index in [0.29, 0.717) is 22.6 Å². The van der Waals surface area contributed by atoms with Crippen molar-refractivity contribution in [1.82, 2.24) is 14.0 Å². The molecule has 0 fully saturated rings. The number of carboxylic acid groups (broad SMARTS) is 1.